The molecular weight excluding hydrogens is 218 g/mol. The van der Waals surface area contributed by atoms with Crippen LogP contribution in [-0.2, 0) is 6.42 Å². The van der Waals surface area contributed by atoms with Gasteiger partial charge in [0.1, 0.15) is 11.5 Å². The van der Waals surface area contributed by atoms with Crippen molar-refractivity contribution in [1.29, 1.82) is 0 Å². The molecule has 0 bridgehead atoms. The monoisotopic (exact) mass is 227 g/mol. The van der Waals surface area contributed by atoms with Gasteiger partial charge in [0.05, 0.1) is 11.7 Å². The zero-order valence-electron chi connectivity index (χ0n) is 8.14. The molecule has 2 heterocycles. The van der Waals surface area contributed by atoms with Gasteiger partial charge in [-0.2, -0.15) is 0 Å². The Hall–Kier alpha value is -1.36. The number of amides is 1. The zero-order chi connectivity index (χ0) is 11.0. The number of nitrogens with zero attached hydrogens (tertiary/aromatic N) is 3. The zero-order valence-corrected chi connectivity index (χ0v) is 8.90. The first-order chi connectivity index (χ1) is 7.11. The van der Waals surface area contributed by atoms with Crippen LogP contribution in [0.2, 0.25) is 5.15 Å². The quantitative estimate of drug-likeness (QED) is 0.686. The third-order valence-electron chi connectivity index (χ3n) is 2.64. The molecule has 6 heteroatoms. The summed E-state index contributed by atoms with van der Waals surface area (Å²) in [7, 11) is 0. The first-order valence-electron chi connectivity index (χ1n) is 4.60. The van der Waals surface area contributed by atoms with Crippen molar-refractivity contribution < 1.29 is 9.90 Å². The predicted molar refractivity (Wildman–Crippen MR) is 53.9 cm³/mol. The normalized spacial score (nSPS) is 19.9. The molecule has 0 saturated carbocycles. The fraction of sp³-hybridized carbons (Fsp3) is 0.444. The van der Waals surface area contributed by atoms with Crippen LogP contribution in [-0.4, -0.2) is 32.6 Å². The summed E-state index contributed by atoms with van der Waals surface area (Å²) in [5.74, 6) is 0. The van der Waals surface area contributed by atoms with E-state index in [1.165, 1.54) is 11.2 Å². The van der Waals surface area contributed by atoms with Crippen molar-refractivity contribution in [2.24, 2.45) is 0 Å². The average Bonchev–Trinajstić information content (AvgIpc) is 2.19. The molecule has 0 aromatic carbocycles. The third-order valence-corrected chi connectivity index (χ3v) is 2.96. The Bertz CT molecular complexity index is 410. The van der Waals surface area contributed by atoms with E-state index in [9.17, 15) is 4.79 Å². The van der Waals surface area contributed by atoms with Crippen LogP contribution in [0, 0.1) is 0 Å². The molecule has 2 rings (SSSR count). The standard InChI is InChI=1S/C9H10ClN3O2/c1-5-7-6(8(10)12-4-11-7)2-3-13(5)9(14)15/h4-5H,2-3H2,1H3,(H,14,15). The minimum absolute atomic E-state index is 0.258. The van der Waals surface area contributed by atoms with Crippen LogP contribution in [0.4, 0.5) is 4.79 Å². The van der Waals surface area contributed by atoms with Gasteiger partial charge in [-0.05, 0) is 13.3 Å². The molecule has 15 heavy (non-hydrogen) atoms. The van der Waals surface area contributed by atoms with E-state index in [0.29, 0.717) is 23.8 Å². The van der Waals surface area contributed by atoms with E-state index in [2.05, 4.69) is 9.97 Å². The largest absolute Gasteiger partial charge is 0.465 e. The predicted octanol–water partition coefficient (Wildman–Crippen LogP) is 1.73. The summed E-state index contributed by atoms with van der Waals surface area (Å²) in [6, 6.07) is -0.258. The van der Waals surface area contributed by atoms with E-state index in [0.717, 1.165) is 5.56 Å². The van der Waals surface area contributed by atoms with E-state index in [-0.39, 0.29) is 6.04 Å². The molecule has 1 aromatic rings. The van der Waals surface area contributed by atoms with E-state index in [4.69, 9.17) is 16.7 Å². The lowest BCUT2D eigenvalue weighted by atomic mass is 10.0. The molecule has 0 aliphatic carbocycles. The maximum Gasteiger partial charge on any atom is 0.407 e. The number of carboxylic acid groups (broad SMARTS) is 1. The molecule has 0 spiro atoms. The van der Waals surface area contributed by atoms with Crippen LogP contribution in [0.5, 0.6) is 0 Å². The van der Waals surface area contributed by atoms with Crippen molar-refractivity contribution in [3.63, 3.8) is 0 Å². The van der Waals surface area contributed by atoms with Gasteiger partial charge in [0.2, 0.25) is 0 Å². The lowest BCUT2D eigenvalue weighted by Gasteiger charge is -2.31. The topological polar surface area (TPSA) is 66.3 Å². The van der Waals surface area contributed by atoms with Gasteiger partial charge in [-0.3, -0.25) is 4.90 Å². The first-order valence-corrected chi connectivity index (χ1v) is 4.98. The van der Waals surface area contributed by atoms with Crippen molar-refractivity contribution in [2.45, 2.75) is 19.4 Å². The summed E-state index contributed by atoms with van der Waals surface area (Å²) < 4.78 is 0. The van der Waals surface area contributed by atoms with Crippen molar-refractivity contribution >= 4 is 17.7 Å². The fourth-order valence-corrected chi connectivity index (χ4v) is 2.06. The Morgan fingerprint density at radius 1 is 1.67 bits per heavy atom. The smallest absolute Gasteiger partial charge is 0.407 e. The SMILES string of the molecule is CC1c2ncnc(Cl)c2CCN1C(=O)O. The second-order valence-corrected chi connectivity index (χ2v) is 3.79. The summed E-state index contributed by atoms with van der Waals surface area (Å²) in [6.07, 6.45) is 1.01. The van der Waals surface area contributed by atoms with E-state index in [1.54, 1.807) is 6.92 Å². The van der Waals surface area contributed by atoms with Crippen LogP contribution < -0.4 is 0 Å². The molecule has 1 unspecified atom stereocenters. The van der Waals surface area contributed by atoms with Gasteiger partial charge in [0.25, 0.3) is 0 Å². The molecule has 0 saturated heterocycles. The molecule has 1 aliphatic rings. The minimum Gasteiger partial charge on any atom is -0.465 e. The van der Waals surface area contributed by atoms with Gasteiger partial charge < -0.3 is 5.11 Å². The molecule has 1 atom stereocenters. The molecule has 1 N–H and O–H groups in total. The summed E-state index contributed by atoms with van der Waals surface area (Å²) in [4.78, 5) is 20.2. The molecule has 0 radical (unpaired) electrons. The number of rotatable bonds is 0. The summed E-state index contributed by atoms with van der Waals surface area (Å²) in [5, 5.41) is 9.38. The number of carbonyl (C=O) groups is 1. The second kappa shape index (κ2) is 3.66. The highest BCUT2D eigenvalue weighted by atomic mass is 35.5. The summed E-state index contributed by atoms with van der Waals surface area (Å²) >= 11 is 5.92. The van der Waals surface area contributed by atoms with Gasteiger partial charge in [-0.1, -0.05) is 11.6 Å². The van der Waals surface area contributed by atoms with Gasteiger partial charge in [-0.15, -0.1) is 0 Å². The van der Waals surface area contributed by atoms with Crippen molar-refractivity contribution in [3.05, 3.63) is 22.7 Å². The molecular formula is C9H10ClN3O2. The Morgan fingerprint density at radius 2 is 2.40 bits per heavy atom. The highest BCUT2D eigenvalue weighted by molar-refractivity contribution is 6.30. The number of halogens is 1. The van der Waals surface area contributed by atoms with Gasteiger partial charge >= 0.3 is 6.09 Å². The molecule has 0 fully saturated rings. The van der Waals surface area contributed by atoms with E-state index >= 15 is 0 Å². The lowest BCUT2D eigenvalue weighted by molar-refractivity contribution is 0.123. The molecule has 1 aromatic heterocycles. The Kier molecular flexibility index (Phi) is 2.48. The van der Waals surface area contributed by atoms with E-state index < -0.39 is 6.09 Å². The molecule has 80 valence electrons. The van der Waals surface area contributed by atoms with Crippen LogP contribution in [0.15, 0.2) is 6.33 Å². The van der Waals surface area contributed by atoms with Crippen molar-refractivity contribution in [3.8, 4) is 0 Å². The molecule has 1 amide bonds. The van der Waals surface area contributed by atoms with Crippen molar-refractivity contribution in [2.75, 3.05) is 6.54 Å². The minimum atomic E-state index is -0.928. The second-order valence-electron chi connectivity index (χ2n) is 3.43. The number of hydrogen-bond acceptors (Lipinski definition) is 3. The summed E-state index contributed by atoms with van der Waals surface area (Å²) in [6.45, 7) is 2.24. The van der Waals surface area contributed by atoms with Gasteiger partial charge in [0, 0.05) is 12.1 Å². The Labute approximate surface area is 91.7 Å². The summed E-state index contributed by atoms with van der Waals surface area (Å²) in [5.41, 5.74) is 1.58. The lowest BCUT2D eigenvalue weighted by Crippen LogP contribution is -2.38. The first kappa shape index (κ1) is 10.2. The van der Waals surface area contributed by atoms with Crippen LogP contribution in [0.25, 0.3) is 0 Å². The van der Waals surface area contributed by atoms with Gasteiger partial charge in [-0.25, -0.2) is 14.8 Å². The van der Waals surface area contributed by atoms with Crippen molar-refractivity contribution in [1.82, 2.24) is 14.9 Å². The highest BCUT2D eigenvalue weighted by Gasteiger charge is 2.29. The molecule has 5 nitrogen and oxygen atoms in total. The number of hydrogen-bond donors (Lipinski definition) is 1. The Balaban J connectivity index is 2.42. The third kappa shape index (κ3) is 1.63. The maximum absolute atomic E-state index is 10.9. The molecule has 1 aliphatic heterocycles. The van der Waals surface area contributed by atoms with E-state index in [1.807, 2.05) is 0 Å². The van der Waals surface area contributed by atoms with Gasteiger partial charge in [0.15, 0.2) is 0 Å². The van der Waals surface area contributed by atoms with Crippen LogP contribution in [0.3, 0.4) is 0 Å². The van der Waals surface area contributed by atoms with Crippen LogP contribution in [0.1, 0.15) is 24.2 Å². The average molecular weight is 228 g/mol. The highest BCUT2D eigenvalue weighted by Crippen LogP contribution is 2.30. The maximum atomic E-state index is 10.9. The fourth-order valence-electron chi connectivity index (χ4n) is 1.83. The number of aromatic nitrogens is 2. The number of fused-ring (bicyclic) bond motifs is 1. The van der Waals surface area contributed by atoms with Crippen LogP contribution >= 0.6 is 11.6 Å². The Morgan fingerprint density at radius 3 is 3.07 bits per heavy atom.